The molecule has 1 aromatic heterocycles. The number of pyridine rings is 1. The van der Waals surface area contributed by atoms with Crippen LogP contribution in [0.4, 0.5) is 4.39 Å². The van der Waals surface area contributed by atoms with E-state index in [0.29, 0.717) is 13.0 Å². The number of carbonyl (C=O) groups excluding carboxylic acids is 1. The molecule has 6 heteroatoms. The smallest absolute Gasteiger partial charge is 0.254 e. The summed E-state index contributed by atoms with van der Waals surface area (Å²) in [6, 6.07) is 1.05. The molecule has 0 saturated heterocycles. The average Bonchev–Trinajstić information content (AvgIpc) is 2.32. The zero-order valence-electron chi connectivity index (χ0n) is 9.25. The predicted octanol–water partition coefficient (Wildman–Crippen LogP) is 1.77. The van der Waals surface area contributed by atoms with Crippen molar-refractivity contribution in [3.63, 3.8) is 0 Å². The number of hydrogen-bond acceptors (Lipinski definition) is 3. The molecule has 1 heterocycles. The van der Waals surface area contributed by atoms with Gasteiger partial charge in [-0.3, -0.25) is 4.79 Å². The van der Waals surface area contributed by atoms with E-state index in [9.17, 15) is 9.18 Å². The van der Waals surface area contributed by atoms with E-state index in [1.807, 2.05) is 0 Å². The first kappa shape index (κ1) is 13.9. The van der Waals surface area contributed by atoms with E-state index in [1.54, 1.807) is 0 Å². The van der Waals surface area contributed by atoms with E-state index >= 15 is 0 Å². The fraction of sp³-hybridized carbons (Fsp3) is 0.455. The quantitative estimate of drug-likeness (QED) is 0.605. The van der Waals surface area contributed by atoms with Gasteiger partial charge in [0.25, 0.3) is 5.91 Å². The van der Waals surface area contributed by atoms with Gasteiger partial charge in [0, 0.05) is 13.2 Å². The average molecular weight is 261 g/mol. The lowest BCUT2D eigenvalue weighted by Crippen LogP contribution is -2.25. The van der Waals surface area contributed by atoms with Gasteiger partial charge in [-0.1, -0.05) is 11.6 Å². The molecule has 0 aliphatic carbocycles. The van der Waals surface area contributed by atoms with Crippen molar-refractivity contribution in [1.29, 1.82) is 0 Å². The minimum absolute atomic E-state index is 0.0146. The van der Waals surface area contributed by atoms with Crippen LogP contribution < -0.4 is 5.32 Å². The molecule has 2 N–H and O–H groups in total. The van der Waals surface area contributed by atoms with Crippen molar-refractivity contribution in [3.8, 4) is 0 Å². The maximum absolute atomic E-state index is 12.9. The van der Waals surface area contributed by atoms with E-state index in [1.165, 1.54) is 0 Å². The molecule has 94 valence electrons. The Kier molecular flexibility index (Phi) is 5.86. The number of aliphatic hydroxyl groups excluding tert-OH is 1. The van der Waals surface area contributed by atoms with Crippen LogP contribution in [0.2, 0.25) is 5.15 Å². The molecule has 1 aromatic rings. The van der Waals surface area contributed by atoms with Gasteiger partial charge in [-0.25, -0.2) is 9.37 Å². The molecule has 17 heavy (non-hydrogen) atoms. The van der Waals surface area contributed by atoms with Crippen LogP contribution in [0.25, 0.3) is 0 Å². The Bertz CT molecular complexity index is 388. The third-order valence-electron chi connectivity index (χ3n) is 2.17. The number of hydrogen-bond donors (Lipinski definition) is 2. The highest BCUT2D eigenvalue weighted by molar-refractivity contribution is 6.32. The van der Waals surface area contributed by atoms with Crippen molar-refractivity contribution in [1.82, 2.24) is 10.3 Å². The molecule has 1 rings (SSSR count). The Labute approximate surface area is 104 Å². The highest BCUT2D eigenvalue weighted by Gasteiger charge is 2.11. The summed E-state index contributed by atoms with van der Waals surface area (Å²) in [4.78, 5) is 15.2. The monoisotopic (exact) mass is 260 g/mol. The van der Waals surface area contributed by atoms with Crippen LogP contribution in [0, 0.1) is 5.82 Å². The molecule has 0 spiro atoms. The lowest BCUT2D eigenvalue weighted by molar-refractivity contribution is 0.0952. The number of aliphatic hydroxyl groups is 1. The summed E-state index contributed by atoms with van der Waals surface area (Å²) in [6.07, 6.45) is 3.25. The molecule has 0 bridgehead atoms. The second-order valence-electron chi connectivity index (χ2n) is 3.53. The molecule has 0 atom stereocenters. The molecule has 0 saturated carbocycles. The van der Waals surface area contributed by atoms with Crippen molar-refractivity contribution < 1.29 is 14.3 Å². The predicted molar refractivity (Wildman–Crippen MR) is 62.5 cm³/mol. The van der Waals surface area contributed by atoms with Gasteiger partial charge in [0.1, 0.15) is 11.0 Å². The third-order valence-corrected chi connectivity index (χ3v) is 2.47. The van der Waals surface area contributed by atoms with E-state index < -0.39 is 11.7 Å². The standard InChI is InChI=1S/C11H14ClFN2O2/c12-10-9(6-8(13)7-15-10)11(17)14-4-2-1-3-5-16/h6-7,16H,1-5H2,(H,14,17). The summed E-state index contributed by atoms with van der Waals surface area (Å²) in [5.41, 5.74) is 0.0359. The first-order chi connectivity index (χ1) is 8.15. The number of nitrogens with zero attached hydrogens (tertiary/aromatic N) is 1. The van der Waals surface area contributed by atoms with Gasteiger partial charge in [0.2, 0.25) is 0 Å². The molecule has 0 aliphatic rings. The van der Waals surface area contributed by atoms with Crippen LogP contribution in [0.15, 0.2) is 12.3 Å². The molecule has 4 nitrogen and oxygen atoms in total. The highest BCUT2D eigenvalue weighted by atomic mass is 35.5. The summed E-state index contributed by atoms with van der Waals surface area (Å²) in [6.45, 7) is 0.610. The van der Waals surface area contributed by atoms with E-state index in [2.05, 4.69) is 10.3 Å². The van der Waals surface area contributed by atoms with Crippen LogP contribution in [0.1, 0.15) is 29.6 Å². The van der Waals surface area contributed by atoms with Gasteiger partial charge >= 0.3 is 0 Å². The second kappa shape index (κ2) is 7.19. The van der Waals surface area contributed by atoms with Gasteiger partial charge in [-0.2, -0.15) is 0 Å². The molecule has 1 amide bonds. The summed E-state index contributed by atoms with van der Waals surface area (Å²) >= 11 is 5.68. The van der Waals surface area contributed by atoms with Gasteiger partial charge < -0.3 is 10.4 Å². The number of unbranched alkanes of at least 4 members (excludes halogenated alkanes) is 2. The first-order valence-corrected chi connectivity index (χ1v) is 5.73. The third kappa shape index (κ3) is 4.66. The first-order valence-electron chi connectivity index (χ1n) is 5.35. The number of carbonyl (C=O) groups is 1. The number of rotatable bonds is 6. The van der Waals surface area contributed by atoms with Crippen molar-refractivity contribution in [3.05, 3.63) is 28.8 Å². The van der Waals surface area contributed by atoms with E-state index in [0.717, 1.165) is 25.1 Å². The van der Waals surface area contributed by atoms with Crippen LogP contribution in [0.3, 0.4) is 0 Å². The zero-order valence-corrected chi connectivity index (χ0v) is 10.0. The van der Waals surface area contributed by atoms with Gasteiger partial charge in [0.05, 0.1) is 11.8 Å². The molecular weight excluding hydrogens is 247 g/mol. The fourth-order valence-corrected chi connectivity index (χ4v) is 1.48. The summed E-state index contributed by atoms with van der Waals surface area (Å²) in [5.74, 6) is -1.04. The minimum atomic E-state index is -0.597. The number of nitrogens with one attached hydrogen (secondary N) is 1. The summed E-state index contributed by atoms with van der Waals surface area (Å²) < 4.78 is 12.9. The van der Waals surface area contributed by atoms with Gasteiger partial charge in [-0.05, 0) is 25.3 Å². The Morgan fingerprint density at radius 3 is 2.94 bits per heavy atom. The SMILES string of the molecule is O=C(NCCCCCO)c1cc(F)cnc1Cl. The zero-order chi connectivity index (χ0) is 12.7. The van der Waals surface area contributed by atoms with Crippen molar-refractivity contribution in [2.24, 2.45) is 0 Å². The molecule has 0 aliphatic heterocycles. The van der Waals surface area contributed by atoms with E-state index in [-0.39, 0.29) is 17.3 Å². The van der Waals surface area contributed by atoms with E-state index in [4.69, 9.17) is 16.7 Å². The fourth-order valence-electron chi connectivity index (χ4n) is 1.29. The van der Waals surface area contributed by atoms with Crippen LogP contribution in [-0.2, 0) is 0 Å². The molecular formula is C11H14ClFN2O2. The van der Waals surface area contributed by atoms with Crippen molar-refractivity contribution in [2.45, 2.75) is 19.3 Å². The summed E-state index contributed by atoms with van der Waals surface area (Å²) in [5, 5.41) is 11.2. The number of halogens is 2. The number of aromatic nitrogens is 1. The normalized spacial score (nSPS) is 10.3. The Balaban J connectivity index is 2.44. The topological polar surface area (TPSA) is 62.2 Å². The molecule has 0 aromatic carbocycles. The van der Waals surface area contributed by atoms with Gasteiger partial charge in [0.15, 0.2) is 0 Å². The summed E-state index contributed by atoms with van der Waals surface area (Å²) in [7, 11) is 0. The Hall–Kier alpha value is -1.20. The molecule has 0 radical (unpaired) electrons. The second-order valence-corrected chi connectivity index (χ2v) is 3.89. The van der Waals surface area contributed by atoms with Gasteiger partial charge in [-0.15, -0.1) is 0 Å². The van der Waals surface area contributed by atoms with Crippen LogP contribution >= 0.6 is 11.6 Å². The van der Waals surface area contributed by atoms with Crippen LogP contribution in [0.5, 0.6) is 0 Å². The minimum Gasteiger partial charge on any atom is -0.396 e. The largest absolute Gasteiger partial charge is 0.396 e. The lowest BCUT2D eigenvalue weighted by Gasteiger charge is -2.05. The molecule has 0 unspecified atom stereocenters. The van der Waals surface area contributed by atoms with Crippen molar-refractivity contribution >= 4 is 17.5 Å². The maximum Gasteiger partial charge on any atom is 0.254 e. The lowest BCUT2D eigenvalue weighted by atomic mass is 10.2. The number of amides is 1. The molecule has 0 fully saturated rings. The highest BCUT2D eigenvalue weighted by Crippen LogP contribution is 2.13. The van der Waals surface area contributed by atoms with Crippen molar-refractivity contribution in [2.75, 3.05) is 13.2 Å². The Morgan fingerprint density at radius 2 is 2.24 bits per heavy atom. The Morgan fingerprint density at radius 1 is 1.47 bits per heavy atom. The maximum atomic E-state index is 12.9. The van der Waals surface area contributed by atoms with Crippen LogP contribution in [-0.4, -0.2) is 29.1 Å².